The quantitative estimate of drug-likeness (QED) is 0.680. The Kier molecular flexibility index (Phi) is 3.08. The smallest absolute Gasteiger partial charge is 0.258 e. The predicted octanol–water partition coefficient (Wildman–Crippen LogP) is 0.300. The number of rotatable bonds is 1. The maximum absolute atomic E-state index is 11.0. The summed E-state index contributed by atoms with van der Waals surface area (Å²) in [4.78, 5) is 17.2. The molecular weight excluding hydrogens is 198 g/mol. The summed E-state index contributed by atoms with van der Waals surface area (Å²) in [6.45, 7) is 5.12. The number of piperazine rings is 1. The Morgan fingerprint density at radius 2 is 2.57 bits per heavy atom. The number of aliphatic imine (C=N–C) groups is 1. The number of hydrogen-bond acceptors (Lipinski definition) is 4. The Morgan fingerprint density at radius 1 is 1.71 bits per heavy atom. The molecule has 0 aromatic rings. The predicted molar refractivity (Wildman–Crippen MR) is 58.6 cm³/mol. The van der Waals surface area contributed by atoms with E-state index in [0.717, 1.165) is 31.2 Å². The number of amides is 1. The van der Waals surface area contributed by atoms with Gasteiger partial charge in [-0.05, 0) is 6.42 Å². The molecule has 2 heterocycles. The van der Waals surface area contributed by atoms with Gasteiger partial charge in [0.05, 0.1) is 5.75 Å². The van der Waals surface area contributed by atoms with Gasteiger partial charge in [0.1, 0.15) is 0 Å². The van der Waals surface area contributed by atoms with Gasteiger partial charge in [0.25, 0.3) is 5.91 Å². The average molecular weight is 213 g/mol. The molecule has 0 aromatic carbocycles. The van der Waals surface area contributed by atoms with Gasteiger partial charge in [-0.2, -0.15) is 4.99 Å². The third-order valence-corrected chi connectivity index (χ3v) is 3.56. The summed E-state index contributed by atoms with van der Waals surface area (Å²) in [5.41, 5.74) is 0. The van der Waals surface area contributed by atoms with Gasteiger partial charge < -0.3 is 10.2 Å². The fourth-order valence-corrected chi connectivity index (χ4v) is 2.56. The second-order valence-corrected chi connectivity index (χ2v) is 4.52. The topological polar surface area (TPSA) is 44.7 Å². The zero-order valence-electron chi connectivity index (χ0n) is 8.32. The Balaban J connectivity index is 1.97. The molecule has 0 aliphatic carbocycles. The van der Waals surface area contributed by atoms with Crippen molar-refractivity contribution < 1.29 is 4.79 Å². The number of amidine groups is 1. The Labute approximate surface area is 88.1 Å². The van der Waals surface area contributed by atoms with E-state index in [9.17, 15) is 4.79 Å². The van der Waals surface area contributed by atoms with E-state index in [1.165, 1.54) is 0 Å². The second-order valence-electron chi connectivity index (χ2n) is 3.58. The molecule has 78 valence electrons. The second kappa shape index (κ2) is 4.31. The molecule has 14 heavy (non-hydrogen) atoms. The first-order valence-electron chi connectivity index (χ1n) is 5.02. The maximum atomic E-state index is 11.0. The van der Waals surface area contributed by atoms with Crippen molar-refractivity contribution in [3.05, 3.63) is 0 Å². The lowest BCUT2D eigenvalue weighted by Crippen LogP contribution is -2.51. The number of thioether (sulfide) groups is 1. The molecule has 2 aliphatic rings. The highest BCUT2D eigenvalue weighted by atomic mass is 32.2. The molecule has 0 aromatic heterocycles. The van der Waals surface area contributed by atoms with Crippen molar-refractivity contribution in [1.82, 2.24) is 10.2 Å². The van der Waals surface area contributed by atoms with Crippen LogP contribution in [-0.4, -0.2) is 47.4 Å². The molecule has 0 spiro atoms. The highest BCUT2D eigenvalue weighted by Gasteiger charge is 2.25. The lowest BCUT2D eigenvalue weighted by atomic mass is 10.2. The molecule has 1 fully saturated rings. The van der Waals surface area contributed by atoms with Crippen LogP contribution in [0.1, 0.15) is 13.3 Å². The van der Waals surface area contributed by atoms with E-state index >= 15 is 0 Å². The Morgan fingerprint density at radius 3 is 3.21 bits per heavy atom. The van der Waals surface area contributed by atoms with Gasteiger partial charge >= 0.3 is 0 Å². The SMILES string of the molecule is CCC1CN(C2=NC(=O)CS2)CCN1. The molecule has 0 bridgehead atoms. The first-order valence-corrected chi connectivity index (χ1v) is 6.01. The molecule has 2 aliphatic heterocycles. The first-order chi connectivity index (χ1) is 6.79. The van der Waals surface area contributed by atoms with E-state index in [0.29, 0.717) is 11.8 Å². The van der Waals surface area contributed by atoms with Crippen LogP contribution in [0.4, 0.5) is 0 Å². The van der Waals surface area contributed by atoms with Gasteiger partial charge in [-0.15, -0.1) is 0 Å². The van der Waals surface area contributed by atoms with Crippen molar-refractivity contribution in [2.75, 3.05) is 25.4 Å². The molecule has 5 heteroatoms. The lowest BCUT2D eigenvalue weighted by molar-refractivity contribution is -0.115. The van der Waals surface area contributed by atoms with Crippen LogP contribution in [0.2, 0.25) is 0 Å². The molecular formula is C9H15N3OS. The van der Waals surface area contributed by atoms with Gasteiger partial charge in [0.2, 0.25) is 0 Å². The zero-order chi connectivity index (χ0) is 9.97. The molecule has 0 radical (unpaired) electrons. The molecule has 0 saturated carbocycles. The van der Waals surface area contributed by atoms with Crippen molar-refractivity contribution in [1.29, 1.82) is 0 Å². The van der Waals surface area contributed by atoms with E-state index in [1.807, 2.05) is 0 Å². The van der Waals surface area contributed by atoms with Crippen molar-refractivity contribution in [2.24, 2.45) is 4.99 Å². The van der Waals surface area contributed by atoms with Crippen molar-refractivity contribution >= 4 is 22.8 Å². The summed E-state index contributed by atoms with van der Waals surface area (Å²) in [5, 5.41) is 4.37. The summed E-state index contributed by atoms with van der Waals surface area (Å²) in [5.74, 6) is 0.535. The first kappa shape index (κ1) is 9.98. The minimum absolute atomic E-state index is 0.0107. The summed E-state index contributed by atoms with van der Waals surface area (Å²) in [6, 6.07) is 0.544. The van der Waals surface area contributed by atoms with E-state index in [4.69, 9.17) is 0 Å². The van der Waals surface area contributed by atoms with Gasteiger partial charge in [-0.1, -0.05) is 18.7 Å². The van der Waals surface area contributed by atoms with Crippen LogP contribution in [0.25, 0.3) is 0 Å². The summed E-state index contributed by atoms with van der Waals surface area (Å²) < 4.78 is 0. The molecule has 1 saturated heterocycles. The fraction of sp³-hybridized carbons (Fsp3) is 0.778. The Hall–Kier alpha value is -0.550. The number of carbonyl (C=O) groups excluding carboxylic acids is 1. The number of hydrogen-bond donors (Lipinski definition) is 1. The van der Waals surface area contributed by atoms with E-state index < -0.39 is 0 Å². The molecule has 1 amide bonds. The van der Waals surface area contributed by atoms with Crippen LogP contribution in [0.5, 0.6) is 0 Å². The fourth-order valence-electron chi connectivity index (χ4n) is 1.73. The van der Waals surface area contributed by atoms with Gasteiger partial charge in [-0.3, -0.25) is 4.79 Å². The third-order valence-electron chi connectivity index (χ3n) is 2.56. The van der Waals surface area contributed by atoms with Crippen molar-refractivity contribution in [2.45, 2.75) is 19.4 Å². The summed E-state index contributed by atoms with van der Waals surface area (Å²) in [7, 11) is 0. The van der Waals surface area contributed by atoms with Crippen LogP contribution in [0, 0.1) is 0 Å². The number of nitrogens with zero attached hydrogens (tertiary/aromatic N) is 2. The minimum atomic E-state index is 0.0107. The van der Waals surface area contributed by atoms with Crippen molar-refractivity contribution in [3.8, 4) is 0 Å². The van der Waals surface area contributed by atoms with Crippen molar-refractivity contribution in [3.63, 3.8) is 0 Å². The van der Waals surface area contributed by atoms with E-state index in [1.54, 1.807) is 11.8 Å². The molecule has 2 rings (SSSR count). The van der Waals surface area contributed by atoms with Gasteiger partial charge in [0.15, 0.2) is 5.17 Å². The van der Waals surface area contributed by atoms with Crippen LogP contribution < -0.4 is 5.32 Å². The highest BCUT2D eigenvalue weighted by Crippen LogP contribution is 2.18. The molecule has 4 nitrogen and oxygen atoms in total. The standard InChI is InChI=1S/C9H15N3OS/c1-2-7-5-12(4-3-10-7)9-11-8(13)6-14-9/h7,10H,2-6H2,1H3. The lowest BCUT2D eigenvalue weighted by Gasteiger charge is -2.33. The zero-order valence-corrected chi connectivity index (χ0v) is 9.14. The highest BCUT2D eigenvalue weighted by molar-refractivity contribution is 8.14. The number of carbonyl (C=O) groups is 1. The van der Waals surface area contributed by atoms with Gasteiger partial charge in [-0.25, -0.2) is 0 Å². The van der Waals surface area contributed by atoms with Gasteiger partial charge in [0, 0.05) is 25.7 Å². The average Bonchev–Trinajstić information content (AvgIpc) is 2.65. The summed E-state index contributed by atoms with van der Waals surface area (Å²) in [6.07, 6.45) is 1.13. The largest absolute Gasteiger partial charge is 0.348 e. The van der Waals surface area contributed by atoms with Crippen LogP contribution in [0.15, 0.2) is 4.99 Å². The third kappa shape index (κ3) is 2.09. The molecule has 1 unspecified atom stereocenters. The minimum Gasteiger partial charge on any atom is -0.348 e. The van der Waals surface area contributed by atoms with Crippen LogP contribution in [0.3, 0.4) is 0 Å². The monoisotopic (exact) mass is 213 g/mol. The summed E-state index contributed by atoms with van der Waals surface area (Å²) >= 11 is 1.57. The van der Waals surface area contributed by atoms with Crippen LogP contribution >= 0.6 is 11.8 Å². The van der Waals surface area contributed by atoms with E-state index in [-0.39, 0.29) is 5.91 Å². The van der Waals surface area contributed by atoms with E-state index in [2.05, 4.69) is 22.1 Å². The number of nitrogens with one attached hydrogen (secondary N) is 1. The van der Waals surface area contributed by atoms with Crippen LogP contribution in [-0.2, 0) is 4.79 Å². The molecule has 1 atom stereocenters. The Bertz CT molecular complexity index is 267. The maximum Gasteiger partial charge on any atom is 0.258 e. The molecule has 1 N–H and O–H groups in total. The normalized spacial score (nSPS) is 28.1.